The molecule has 1 unspecified atom stereocenters. The molecule has 0 saturated heterocycles. The average molecular weight is 204 g/mol. The van der Waals surface area contributed by atoms with Crippen molar-refractivity contribution in [2.24, 2.45) is 5.73 Å². The van der Waals surface area contributed by atoms with Crippen LogP contribution in [0.4, 0.5) is 0 Å². The standard InChI is InChI=1S/C9H20N2O3/c1-4-13-8(14-5-2)6-11-7(3)9(10)12/h7-8,11H,4-6H2,1-3H3,(H2,10,12). The van der Waals surface area contributed by atoms with Gasteiger partial charge in [-0.15, -0.1) is 0 Å². The number of hydrogen-bond acceptors (Lipinski definition) is 4. The smallest absolute Gasteiger partial charge is 0.234 e. The summed E-state index contributed by atoms with van der Waals surface area (Å²) in [5, 5.41) is 2.93. The topological polar surface area (TPSA) is 73.6 Å². The first-order valence-corrected chi connectivity index (χ1v) is 4.87. The van der Waals surface area contributed by atoms with Crippen molar-refractivity contribution in [3.8, 4) is 0 Å². The monoisotopic (exact) mass is 204 g/mol. The lowest BCUT2D eigenvalue weighted by Crippen LogP contribution is -2.43. The second-order valence-electron chi connectivity index (χ2n) is 2.87. The van der Waals surface area contributed by atoms with Crippen LogP contribution in [-0.4, -0.2) is 38.0 Å². The van der Waals surface area contributed by atoms with E-state index in [-0.39, 0.29) is 18.2 Å². The Balaban J connectivity index is 3.74. The Hall–Kier alpha value is -0.650. The number of amides is 1. The summed E-state index contributed by atoms with van der Waals surface area (Å²) >= 11 is 0. The summed E-state index contributed by atoms with van der Waals surface area (Å²) in [7, 11) is 0. The van der Waals surface area contributed by atoms with Gasteiger partial charge < -0.3 is 20.5 Å². The molecule has 0 aliphatic rings. The van der Waals surface area contributed by atoms with Crippen molar-refractivity contribution < 1.29 is 14.3 Å². The number of carbonyl (C=O) groups excluding carboxylic acids is 1. The highest BCUT2D eigenvalue weighted by atomic mass is 16.7. The van der Waals surface area contributed by atoms with Gasteiger partial charge in [0.15, 0.2) is 6.29 Å². The van der Waals surface area contributed by atoms with E-state index in [1.54, 1.807) is 6.92 Å². The summed E-state index contributed by atoms with van der Waals surface area (Å²) in [5.41, 5.74) is 5.09. The first kappa shape index (κ1) is 13.4. The lowest BCUT2D eigenvalue weighted by molar-refractivity contribution is -0.135. The predicted molar refractivity (Wildman–Crippen MR) is 53.7 cm³/mol. The van der Waals surface area contributed by atoms with Crippen LogP contribution >= 0.6 is 0 Å². The Morgan fingerprint density at radius 2 is 1.86 bits per heavy atom. The SMILES string of the molecule is CCOC(CNC(C)C(N)=O)OCC. The van der Waals surface area contributed by atoms with Gasteiger partial charge in [-0.1, -0.05) is 0 Å². The Kier molecular flexibility index (Phi) is 7.37. The van der Waals surface area contributed by atoms with Crippen LogP contribution in [0.1, 0.15) is 20.8 Å². The van der Waals surface area contributed by atoms with Crippen LogP contribution in [0.5, 0.6) is 0 Å². The molecule has 3 N–H and O–H groups in total. The fourth-order valence-corrected chi connectivity index (χ4v) is 0.911. The van der Waals surface area contributed by atoms with Crippen LogP contribution in [0.15, 0.2) is 0 Å². The number of primary amides is 1. The lowest BCUT2D eigenvalue weighted by Gasteiger charge is -2.19. The summed E-state index contributed by atoms with van der Waals surface area (Å²) in [4.78, 5) is 10.7. The fourth-order valence-electron chi connectivity index (χ4n) is 0.911. The Morgan fingerprint density at radius 1 is 1.36 bits per heavy atom. The molecule has 0 heterocycles. The zero-order valence-corrected chi connectivity index (χ0v) is 9.08. The molecule has 1 amide bonds. The molecule has 0 aliphatic carbocycles. The van der Waals surface area contributed by atoms with Crippen LogP contribution in [0.25, 0.3) is 0 Å². The van der Waals surface area contributed by atoms with Crippen molar-refractivity contribution >= 4 is 5.91 Å². The van der Waals surface area contributed by atoms with Crippen LogP contribution in [-0.2, 0) is 14.3 Å². The summed E-state index contributed by atoms with van der Waals surface area (Å²) in [5.74, 6) is -0.378. The van der Waals surface area contributed by atoms with Crippen molar-refractivity contribution in [1.29, 1.82) is 0 Å². The summed E-state index contributed by atoms with van der Waals surface area (Å²) in [6, 6.07) is -0.363. The van der Waals surface area contributed by atoms with Crippen molar-refractivity contribution in [3.63, 3.8) is 0 Å². The van der Waals surface area contributed by atoms with Gasteiger partial charge >= 0.3 is 0 Å². The maximum Gasteiger partial charge on any atom is 0.234 e. The minimum absolute atomic E-state index is 0.313. The molecule has 0 bridgehead atoms. The molecule has 1 atom stereocenters. The van der Waals surface area contributed by atoms with Gasteiger partial charge in [0.05, 0.1) is 6.04 Å². The molecule has 14 heavy (non-hydrogen) atoms. The lowest BCUT2D eigenvalue weighted by atomic mass is 10.3. The van der Waals surface area contributed by atoms with Crippen molar-refractivity contribution in [2.45, 2.75) is 33.1 Å². The molecule has 84 valence electrons. The first-order valence-electron chi connectivity index (χ1n) is 4.87. The minimum Gasteiger partial charge on any atom is -0.368 e. The molecule has 0 saturated carbocycles. The Bertz CT molecular complexity index is 158. The van der Waals surface area contributed by atoms with Crippen LogP contribution in [0, 0.1) is 0 Å². The number of nitrogens with two attached hydrogens (primary N) is 1. The van der Waals surface area contributed by atoms with E-state index < -0.39 is 0 Å². The predicted octanol–water partition coefficient (Wildman–Crippen LogP) is -0.151. The second-order valence-corrected chi connectivity index (χ2v) is 2.87. The van der Waals surface area contributed by atoms with Gasteiger partial charge in [0.1, 0.15) is 0 Å². The number of rotatable bonds is 8. The Morgan fingerprint density at radius 3 is 2.21 bits per heavy atom. The molecule has 0 rings (SSSR count). The van der Waals surface area contributed by atoms with Gasteiger partial charge in [-0.25, -0.2) is 0 Å². The van der Waals surface area contributed by atoms with E-state index in [0.29, 0.717) is 19.8 Å². The maximum atomic E-state index is 10.7. The highest BCUT2D eigenvalue weighted by Crippen LogP contribution is 1.94. The van der Waals surface area contributed by atoms with Gasteiger partial charge in [0.2, 0.25) is 5.91 Å². The molecule has 0 aromatic rings. The summed E-state index contributed by atoms with van der Waals surface area (Å²) < 4.78 is 10.6. The van der Waals surface area contributed by atoms with Gasteiger partial charge in [0, 0.05) is 19.8 Å². The summed E-state index contributed by atoms with van der Waals surface area (Å²) in [6.45, 7) is 7.12. The van der Waals surface area contributed by atoms with E-state index in [2.05, 4.69) is 5.32 Å². The second kappa shape index (κ2) is 7.73. The minimum atomic E-state index is -0.378. The third-order valence-corrected chi connectivity index (χ3v) is 1.72. The van der Waals surface area contributed by atoms with Crippen LogP contribution in [0.2, 0.25) is 0 Å². The van der Waals surface area contributed by atoms with Gasteiger partial charge in [0.25, 0.3) is 0 Å². The molecule has 5 nitrogen and oxygen atoms in total. The third kappa shape index (κ3) is 5.90. The number of ether oxygens (including phenoxy) is 2. The van der Waals surface area contributed by atoms with Crippen molar-refractivity contribution in [3.05, 3.63) is 0 Å². The molecule has 0 fully saturated rings. The molecule has 5 heteroatoms. The van der Waals surface area contributed by atoms with E-state index in [1.165, 1.54) is 0 Å². The highest BCUT2D eigenvalue weighted by molar-refractivity contribution is 5.79. The quantitative estimate of drug-likeness (QED) is 0.539. The highest BCUT2D eigenvalue weighted by Gasteiger charge is 2.12. The number of hydrogen-bond donors (Lipinski definition) is 2. The maximum absolute atomic E-state index is 10.7. The summed E-state index contributed by atoms with van der Waals surface area (Å²) in [6.07, 6.45) is -0.313. The van der Waals surface area contributed by atoms with Gasteiger partial charge in [-0.2, -0.15) is 0 Å². The molecule has 0 aromatic heterocycles. The van der Waals surface area contributed by atoms with E-state index >= 15 is 0 Å². The molecule has 0 radical (unpaired) electrons. The van der Waals surface area contributed by atoms with Crippen LogP contribution < -0.4 is 11.1 Å². The molecule has 0 aliphatic heterocycles. The fraction of sp³-hybridized carbons (Fsp3) is 0.889. The van der Waals surface area contributed by atoms with Crippen LogP contribution in [0.3, 0.4) is 0 Å². The largest absolute Gasteiger partial charge is 0.368 e. The first-order chi connectivity index (χ1) is 6.61. The number of carbonyl (C=O) groups is 1. The molecule has 0 aromatic carbocycles. The third-order valence-electron chi connectivity index (χ3n) is 1.72. The molecular weight excluding hydrogens is 184 g/mol. The van der Waals surface area contributed by atoms with E-state index in [1.807, 2.05) is 13.8 Å². The zero-order chi connectivity index (χ0) is 11.0. The molecule has 0 spiro atoms. The zero-order valence-electron chi connectivity index (χ0n) is 9.08. The molecular formula is C9H20N2O3. The van der Waals surface area contributed by atoms with Crippen molar-refractivity contribution in [1.82, 2.24) is 5.32 Å². The average Bonchev–Trinajstić information content (AvgIpc) is 2.14. The van der Waals surface area contributed by atoms with Crippen molar-refractivity contribution in [2.75, 3.05) is 19.8 Å². The normalized spacial score (nSPS) is 13.1. The van der Waals surface area contributed by atoms with Gasteiger partial charge in [-0.05, 0) is 20.8 Å². The van der Waals surface area contributed by atoms with E-state index in [0.717, 1.165) is 0 Å². The van der Waals surface area contributed by atoms with E-state index in [9.17, 15) is 4.79 Å². The Labute approximate surface area is 84.9 Å². The van der Waals surface area contributed by atoms with Gasteiger partial charge in [-0.3, -0.25) is 4.79 Å². The number of nitrogens with one attached hydrogen (secondary N) is 1. The van der Waals surface area contributed by atoms with E-state index in [4.69, 9.17) is 15.2 Å².